The van der Waals surface area contributed by atoms with Crippen molar-refractivity contribution < 1.29 is 27.8 Å². The first-order valence-electron chi connectivity index (χ1n) is 10.2. The van der Waals surface area contributed by atoms with Gasteiger partial charge >= 0.3 is 0 Å². The number of imide groups is 1. The second kappa shape index (κ2) is 9.12. The van der Waals surface area contributed by atoms with Crippen LogP contribution in [-0.4, -0.2) is 25.5 Å². The number of nitrogens with zero attached hydrogens (tertiary/aromatic N) is 1. The van der Waals surface area contributed by atoms with Crippen molar-refractivity contribution >= 4 is 28.8 Å². The molecule has 0 atom stereocenters. The Kier molecular flexibility index (Phi) is 6.08. The summed E-state index contributed by atoms with van der Waals surface area (Å²) in [5.74, 6) is -2.38. The minimum Gasteiger partial charge on any atom is -0.496 e. The second-order valence-electron chi connectivity index (χ2n) is 7.07. The highest BCUT2D eigenvalue weighted by atomic mass is 19.1. The molecule has 0 aromatic heterocycles. The number of hydrogen-bond acceptors (Lipinski definition) is 5. The van der Waals surface area contributed by atoms with E-state index in [-0.39, 0.29) is 17.0 Å². The topological polar surface area (TPSA) is 67.9 Å². The number of amides is 2. The molecule has 0 unspecified atom stereocenters. The lowest BCUT2D eigenvalue weighted by Gasteiger charge is -2.16. The first kappa shape index (κ1) is 22.0. The van der Waals surface area contributed by atoms with Crippen molar-refractivity contribution in [3.63, 3.8) is 0 Å². The molecular formula is C25H20F2N2O4. The Labute approximate surface area is 189 Å². The molecule has 8 heteroatoms. The van der Waals surface area contributed by atoms with Crippen molar-refractivity contribution in [2.45, 2.75) is 6.92 Å². The van der Waals surface area contributed by atoms with Crippen LogP contribution in [0.3, 0.4) is 0 Å². The summed E-state index contributed by atoms with van der Waals surface area (Å²) >= 11 is 0. The van der Waals surface area contributed by atoms with Gasteiger partial charge in [0.2, 0.25) is 0 Å². The first-order valence-corrected chi connectivity index (χ1v) is 10.2. The van der Waals surface area contributed by atoms with Crippen LogP contribution in [0.15, 0.2) is 72.4 Å². The molecule has 0 saturated heterocycles. The predicted octanol–water partition coefficient (Wildman–Crippen LogP) is 4.77. The van der Waals surface area contributed by atoms with E-state index in [0.717, 1.165) is 12.1 Å². The second-order valence-corrected chi connectivity index (χ2v) is 7.07. The number of halogens is 2. The van der Waals surface area contributed by atoms with E-state index in [1.165, 1.54) is 7.11 Å². The summed E-state index contributed by atoms with van der Waals surface area (Å²) < 4.78 is 38.8. The van der Waals surface area contributed by atoms with Gasteiger partial charge in [0, 0.05) is 17.3 Å². The van der Waals surface area contributed by atoms with E-state index < -0.39 is 23.4 Å². The van der Waals surface area contributed by atoms with Crippen LogP contribution < -0.4 is 19.7 Å². The summed E-state index contributed by atoms with van der Waals surface area (Å²) in [6, 6.07) is 16.2. The molecule has 4 rings (SSSR count). The maximum Gasteiger partial charge on any atom is 0.282 e. The highest BCUT2D eigenvalue weighted by Crippen LogP contribution is 2.38. The molecule has 1 N–H and O–H groups in total. The zero-order chi connectivity index (χ0) is 23.5. The lowest BCUT2D eigenvalue weighted by Crippen LogP contribution is -2.33. The summed E-state index contributed by atoms with van der Waals surface area (Å²) in [6.45, 7) is 2.36. The normalized spacial score (nSPS) is 13.5. The maximum absolute atomic E-state index is 14.5. The third-order valence-corrected chi connectivity index (χ3v) is 5.05. The fourth-order valence-corrected chi connectivity index (χ4v) is 3.57. The van der Waals surface area contributed by atoms with E-state index in [0.29, 0.717) is 40.3 Å². The van der Waals surface area contributed by atoms with Crippen molar-refractivity contribution in [3.8, 4) is 11.5 Å². The largest absolute Gasteiger partial charge is 0.496 e. The van der Waals surface area contributed by atoms with Gasteiger partial charge in [-0.15, -0.1) is 0 Å². The summed E-state index contributed by atoms with van der Waals surface area (Å²) in [4.78, 5) is 27.5. The Bertz CT molecular complexity index is 1260. The number of hydrogen-bond donors (Lipinski definition) is 1. The molecule has 6 nitrogen and oxygen atoms in total. The average Bonchev–Trinajstić information content (AvgIpc) is 3.04. The van der Waals surface area contributed by atoms with Crippen molar-refractivity contribution in [1.29, 1.82) is 0 Å². The fraction of sp³-hybridized carbons (Fsp3) is 0.120. The number of ether oxygens (including phenoxy) is 2. The molecule has 1 heterocycles. The van der Waals surface area contributed by atoms with Crippen LogP contribution in [0, 0.1) is 11.6 Å². The number of methoxy groups -OCH3 is 1. The number of anilines is 2. The van der Waals surface area contributed by atoms with Crippen LogP contribution in [0.1, 0.15) is 12.5 Å². The van der Waals surface area contributed by atoms with Crippen molar-refractivity contribution in [3.05, 3.63) is 89.6 Å². The van der Waals surface area contributed by atoms with E-state index in [1.807, 2.05) is 6.92 Å². The molecule has 0 radical (unpaired) electrons. The molecule has 3 aromatic rings. The maximum atomic E-state index is 14.5. The molecule has 0 fully saturated rings. The molecule has 0 aliphatic carbocycles. The van der Waals surface area contributed by atoms with Gasteiger partial charge in [-0.25, -0.2) is 13.7 Å². The molecule has 33 heavy (non-hydrogen) atoms. The third kappa shape index (κ3) is 4.15. The molecule has 3 aromatic carbocycles. The van der Waals surface area contributed by atoms with Crippen molar-refractivity contribution in [2.24, 2.45) is 0 Å². The Morgan fingerprint density at radius 1 is 0.939 bits per heavy atom. The third-order valence-electron chi connectivity index (χ3n) is 5.05. The summed E-state index contributed by atoms with van der Waals surface area (Å²) in [5, 5.41) is 2.98. The van der Waals surface area contributed by atoms with Crippen LogP contribution >= 0.6 is 0 Å². The number of benzene rings is 3. The Morgan fingerprint density at radius 3 is 2.33 bits per heavy atom. The molecule has 0 saturated carbocycles. The van der Waals surface area contributed by atoms with Crippen molar-refractivity contribution in [1.82, 2.24) is 0 Å². The van der Waals surface area contributed by atoms with E-state index in [9.17, 15) is 18.4 Å². The molecule has 1 aliphatic rings. The zero-order valence-electron chi connectivity index (χ0n) is 17.9. The Balaban J connectivity index is 1.82. The number of carbonyl (C=O) groups excluding carboxylic acids is 2. The van der Waals surface area contributed by atoms with Gasteiger partial charge in [-0.2, -0.15) is 0 Å². The summed E-state index contributed by atoms with van der Waals surface area (Å²) in [5.41, 5.74) is 0.481. The lowest BCUT2D eigenvalue weighted by molar-refractivity contribution is -0.120. The number of nitrogens with one attached hydrogen (secondary N) is 1. The number of para-hydroxylation sites is 1. The van der Waals surface area contributed by atoms with E-state index in [1.54, 1.807) is 48.5 Å². The van der Waals surface area contributed by atoms with Crippen molar-refractivity contribution in [2.75, 3.05) is 23.9 Å². The van der Waals surface area contributed by atoms with Gasteiger partial charge < -0.3 is 14.8 Å². The highest BCUT2D eigenvalue weighted by molar-refractivity contribution is 6.46. The van der Waals surface area contributed by atoms with E-state index in [4.69, 9.17) is 9.47 Å². The smallest absolute Gasteiger partial charge is 0.282 e. The molecule has 2 amide bonds. The molecule has 168 valence electrons. The summed E-state index contributed by atoms with van der Waals surface area (Å²) in [6.07, 6.45) is 0. The molecule has 0 bridgehead atoms. The van der Waals surface area contributed by atoms with Crippen LogP contribution in [-0.2, 0) is 9.59 Å². The van der Waals surface area contributed by atoms with Gasteiger partial charge in [0.25, 0.3) is 11.8 Å². The fourth-order valence-electron chi connectivity index (χ4n) is 3.57. The molecule has 0 spiro atoms. The van der Waals surface area contributed by atoms with E-state index in [2.05, 4.69) is 5.32 Å². The van der Waals surface area contributed by atoms with Gasteiger partial charge in [0.1, 0.15) is 28.8 Å². The standard InChI is InChI=1S/C25H20F2N2O4/c1-3-33-17-11-9-16(10-12-17)28-23-22(18-6-4-5-7-21(18)32-2)24(30)29(25(23)31)20-13-8-15(26)14-19(20)27/h4-14,28H,3H2,1-2H3. The zero-order valence-corrected chi connectivity index (χ0v) is 17.9. The minimum absolute atomic E-state index is 0.00931. The number of carbonyl (C=O) groups is 2. The monoisotopic (exact) mass is 450 g/mol. The highest BCUT2D eigenvalue weighted by Gasteiger charge is 2.42. The van der Waals surface area contributed by atoms with Gasteiger partial charge in [-0.05, 0) is 49.4 Å². The first-order chi connectivity index (χ1) is 15.9. The molecular weight excluding hydrogens is 430 g/mol. The van der Waals surface area contributed by atoms with Gasteiger partial charge in [-0.1, -0.05) is 18.2 Å². The molecule has 1 aliphatic heterocycles. The number of rotatable bonds is 7. The van der Waals surface area contributed by atoms with Crippen LogP contribution in [0.25, 0.3) is 5.57 Å². The Hall–Kier alpha value is -4.20. The van der Waals surface area contributed by atoms with Gasteiger partial charge in [-0.3, -0.25) is 9.59 Å². The van der Waals surface area contributed by atoms with Crippen LogP contribution in [0.2, 0.25) is 0 Å². The minimum atomic E-state index is -1.03. The lowest BCUT2D eigenvalue weighted by atomic mass is 10.0. The SMILES string of the molecule is CCOc1ccc(NC2=C(c3ccccc3OC)C(=O)N(c3ccc(F)cc3F)C2=O)cc1. The predicted molar refractivity (Wildman–Crippen MR) is 120 cm³/mol. The van der Waals surface area contributed by atoms with Crippen LogP contribution in [0.5, 0.6) is 11.5 Å². The average molecular weight is 450 g/mol. The quantitative estimate of drug-likeness (QED) is 0.526. The Morgan fingerprint density at radius 2 is 1.67 bits per heavy atom. The summed E-state index contributed by atoms with van der Waals surface area (Å²) in [7, 11) is 1.44. The van der Waals surface area contributed by atoms with Gasteiger partial charge in [0.05, 0.1) is 25.0 Å². The van der Waals surface area contributed by atoms with Gasteiger partial charge in [0.15, 0.2) is 0 Å². The van der Waals surface area contributed by atoms with Crippen LogP contribution in [0.4, 0.5) is 20.2 Å². The van der Waals surface area contributed by atoms with E-state index >= 15 is 0 Å².